The second kappa shape index (κ2) is 12.3. The molecule has 0 saturated carbocycles. The van der Waals surface area contributed by atoms with Crippen molar-refractivity contribution in [3.05, 3.63) is 24.3 Å². The molecule has 0 radical (unpaired) electrons. The van der Waals surface area contributed by atoms with Crippen molar-refractivity contribution < 1.29 is 18.4 Å². The van der Waals surface area contributed by atoms with E-state index in [0.717, 1.165) is 59.7 Å². The van der Waals surface area contributed by atoms with Gasteiger partial charge in [0.1, 0.15) is 37.8 Å². The first-order valence-corrected chi connectivity index (χ1v) is 10.3. The quantitative estimate of drug-likeness (QED) is 0.453. The summed E-state index contributed by atoms with van der Waals surface area (Å²) in [5.41, 5.74) is 0. The van der Waals surface area contributed by atoms with Gasteiger partial charge in [0, 0.05) is 6.07 Å². The maximum Gasteiger partial charge on any atom is 0.149 e. The Morgan fingerprint density at radius 3 is 1.43 bits per heavy atom. The first kappa shape index (κ1) is 23.9. The third-order valence-electron chi connectivity index (χ3n) is 5.65. The molecule has 0 N–H and O–H groups in total. The molecule has 1 aromatic rings. The molecule has 0 heterocycles. The smallest absolute Gasteiger partial charge is 0.149 e. The highest BCUT2D eigenvalue weighted by Gasteiger charge is 2.14. The average Bonchev–Trinajstić information content (AvgIpc) is 2.73. The van der Waals surface area contributed by atoms with Gasteiger partial charge in [0.2, 0.25) is 0 Å². The summed E-state index contributed by atoms with van der Waals surface area (Å²) in [6.07, 6.45) is 0. The molecule has 0 atom stereocenters. The van der Waals surface area contributed by atoms with Crippen molar-refractivity contribution in [2.24, 2.45) is 0 Å². The fourth-order valence-electron chi connectivity index (χ4n) is 2.38. The van der Waals surface area contributed by atoms with Crippen LogP contribution in [0, 0.1) is 23.7 Å². The number of hydrogen-bond acceptors (Lipinski definition) is 2. The largest absolute Gasteiger partial charge is 0.481 e. The van der Waals surface area contributed by atoms with Crippen LogP contribution >= 0.6 is 0 Å². The zero-order chi connectivity index (χ0) is 20.9. The molecular formula is C24H38N2O2+2. The van der Waals surface area contributed by atoms with Crippen LogP contribution in [0.15, 0.2) is 24.3 Å². The van der Waals surface area contributed by atoms with Gasteiger partial charge in [0.15, 0.2) is 0 Å². The predicted molar refractivity (Wildman–Crippen MR) is 117 cm³/mol. The highest BCUT2D eigenvalue weighted by molar-refractivity contribution is 5.33. The minimum atomic E-state index is 0.390. The fourth-order valence-corrected chi connectivity index (χ4v) is 2.38. The Hall–Kier alpha value is -2.14. The lowest BCUT2D eigenvalue weighted by Crippen LogP contribution is -2.43. The molecular weight excluding hydrogens is 348 g/mol. The Morgan fingerprint density at radius 2 is 1.07 bits per heavy atom. The molecule has 0 bridgehead atoms. The lowest BCUT2D eigenvalue weighted by atomic mass is 10.3. The molecule has 1 rings (SSSR count). The summed E-state index contributed by atoms with van der Waals surface area (Å²) < 4.78 is 13.4. The minimum absolute atomic E-state index is 0.390. The van der Waals surface area contributed by atoms with Crippen molar-refractivity contribution in [1.82, 2.24) is 0 Å². The second-order valence-corrected chi connectivity index (χ2v) is 7.58. The van der Waals surface area contributed by atoms with Crippen LogP contribution in [-0.4, -0.2) is 75.5 Å². The van der Waals surface area contributed by atoms with E-state index in [1.165, 1.54) is 0 Å². The number of nitrogens with zero attached hydrogens (tertiary/aromatic N) is 2. The van der Waals surface area contributed by atoms with Crippen LogP contribution in [0.1, 0.15) is 27.7 Å². The van der Waals surface area contributed by atoms with E-state index in [0.29, 0.717) is 13.2 Å². The van der Waals surface area contributed by atoms with Crippen molar-refractivity contribution in [1.29, 1.82) is 0 Å². The molecule has 0 amide bonds. The van der Waals surface area contributed by atoms with Gasteiger partial charge in [-0.05, 0) is 51.7 Å². The molecule has 0 aliphatic heterocycles. The Morgan fingerprint density at radius 1 is 0.679 bits per heavy atom. The van der Waals surface area contributed by atoms with E-state index in [-0.39, 0.29) is 0 Å². The first-order chi connectivity index (χ1) is 13.4. The maximum atomic E-state index is 5.73. The monoisotopic (exact) mass is 386 g/mol. The third-order valence-corrected chi connectivity index (χ3v) is 5.65. The lowest BCUT2D eigenvalue weighted by molar-refractivity contribution is -0.899. The van der Waals surface area contributed by atoms with Gasteiger partial charge in [-0.2, -0.15) is 0 Å². The van der Waals surface area contributed by atoms with Crippen molar-refractivity contribution in [2.45, 2.75) is 27.7 Å². The summed E-state index contributed by atoms with van der Waals surface area (Å²) in [6, 6.07) is 7.66. The van der Waals surface area contributed by atoms with Crippen LogP contribution in [0.5, 0.6) is 11.5 Å². The highest BCUT2D eigenvalue weighted by Crippen LogP contribution is 2.19. The van der Waals surface area contributed by atoms with E-state index < -0.39 is 0 Å². The highest BCUT2D eigenvalue weighted by atomic mass is 16.5. The van der Waals surface area contributed by atoms with Gasteiger partial charge >= 0.3 is 0 Å². The van der Waals surface area contributed by atoms with Gasteiger partial charge in [-0.15, -0.1) is 0 Å². The van der Waals surface area contributed by atoms with Gasteiger partial charge in [0.05, 0.1) is 40.3 Å². The van der Waals surface area contributed by atoms with Crippen LogP contribution < -0.4 is 9.47 Å². The number of hydrogen-bond donors (Lipinski definition) is 0. The third kappa shape index (κ3) is 8.70. The predicted octanol–water partition coefficient (Wildman–Crippen LogP) is 3.42. The zero-order valence-electron chi connectivity index (χ0n) is 18.7. The van der Waals surface area contributed by atoms with Crippen molar-refractivity contribution in [2.75, 3.05) is 66.6 Å². The normalized spacial score (nSPS) is 11.1. The van der Waals surface area contributed by atoms with Crippen molar-refractivity contribution in [3.8, 4) is 35.2 Å². The summed E-state index contributed by atoms with van der Waals surface area (Å²) >= 11 is 0. The van der Waals surface area contributed by atoms with Crippen LogP contribution in [-0.2, 0) is 0 Å². The van der Waals surface area contributed by atoms with Crippen LogP contribution in [0.2, 0.25) is 0 Å². The standard InChI is InChI=1S/C24H38N2O2/c1-7-25(5,8-2)18-11-13-20-27-23-16-15-17-24(22-23)28-21-14-12-19-26(6,9-3)10-4/h15-17,22H,7-10,18-21H2,1-6H3/q+2. The summed E-state index contributed by atoms with van der Waals surface area (Å²) in [5, 5.41) is 0. The van der Waals surface area contributed by atoms with E-state index in [2.05, 4.69) is 65.5 Å². The molecule has 0 saturated heterocycles. The molecule has 0 fully saturated rings. The van der Waals surface area contributed by atoms with Gasteiger partial charge in [-0.3, -0.25) is 0 Å². The summed E-state index contributed by atoms with van der Waals surface area (Å²) in [5.74, 6) is 14.2. The molecule has 1 aromatic carbocycles. The average molecular weight is 387 g/mol. The second-order valence-electron chi connectivity index (χ2n) is 7.58. The van der Waals surface area contributed by atoms with Gasteiger partial charge in [0.25, 0.3) is 0 Å². The fraction of sp³-hybridized carbons (Fsp3) is 0.583. The first-order valence-electron chi connectivity index (χ1n) is 10.3. The van der Waals surface area contributed by atoms with Crippen LogP contribution in [0.4, 0.5) is 0 Å². The van der Waals surface area contributed by atoms with E-state index >= 15 is 0 Å². The molecule has 0 aromatic heterocycles. The van der Waals surface area contributed by atoms with Crippen molar-refractivity contribution >= 4 is 0 Å². The SMILES string of the molecule is CC[N+](C)(CC)CC#CCOc1cccc(OCC#CC[N+](C)(CC)CC)c1. The maximum absolute atomic E-state index is 5.73. The molecule has 0 unspecified atom stereocenters. The van der Waals surface area contributed by atoms with Gasteiger partial charge < -0.3 is 18.4 Å². The molecule has 4 heteroatoms. The summed E-state index contributed by atoms with van der Waals surface area (Å²) in [7, 11) is 4.45. The zero-order valence-corrected chi connectivity index (χ0v) is 18.7. The molecule has 154 valence electrons. The minimum Gasteiger partial charge on any atom is -0.481 e. The lowest BCUT2D eigenvalue weighted by Gasteiger charge is -2.29. The Bertz CT molecular complexity index is 641. The molecule has 0 aliphatic rings. The van der Waals surface area contributed by atoms with Crippen LogP contribution in [0.3, 0.4) is 0 Å². The van der Waals surface area contributed by atoms with Gasteiger partial charge in [-0.25, -0.2) is 0 Å². The Balaban J connectivity index is 2.45. The summed E-state index contributed by atoms with van der Waals surface area (Å²) in [4.78, 5) is 0. The van der Waals surface area contributed by atoms with E-state index in [9.17, 15) is 0 Å². The van der Waals surface area contributed by atoms with E-state index in [1.807, 2.05) is 24.3 Å². The number of rotatable bonds is 10. The Labute approximate surface area is 172 Å². The molecule has 28 heavy (non-hydrogen) atoms. The van der Waals surface area contributed by atoms with E-state index in [1.54, 1.807) is 0 Å². The topological polar surface area (TPSA) is 18.5 Å². The summed E-state index contributed by atoms with van der Waals surface area (Å²) in [6.45, 7) is 15.6. The molecule has 4 nitrogen and oxygen atoms in total. The Kier molecular flexibility index (Phi) is 10.5. The number of ether oxygens (including phenoxy) is 2. The van der Waals surface area contributed by atoms with Crippen molar-refractivity contribution in [3.63, 3.8) is 0 Å². The van der Waals surface area contributed by atoms with Crippen LogP contribution in [0.25, 0.3) is 0 Å². The number of quaternary nitrogens is 2. The molecule has 0 aliphatic carbocycles. The van der Waals surface area contributed by atoms with Gasteiger partial charge in [-0.1, -0.05) is 17.9 Å². The molecule has 0 spiro atoms. The number of benzene rings is 1. The van der Waals surface area contributed by atoms with E-state index in [4.69, 9.17) is 9.47 Å².